The molecule has 0 atom stereocenters. The van der Waals surface area contributed by atoms with Gasteiger partial charge in [-0.05, 0) is 11.7 Å². The molecule has 1 aromatic rings. The van der Waals surface area contributed by atoms with Crippen molar-refractivity contribution in [3.63, 3.8) is 0 Å². The Morgan fingerprint density at radius 1 is 1.00 bits per heavy atom. The summed E-state index contributed by atoms with van der Waals surface area (Å²) in [7, 11) is -2.49. The summed E-state index contributed by atoms with van der Waals surface area (Å²) in [4.78, 5) is 29.3. The second kappa shape index (κ2) is 6.35. The van der Waals surface area contributed by atoms with Gasteiger partial charge in [-0.3, -0.25) is 9.59 Å². The standard InChI is InChI=1S/C13H20N2O2Si/c1-4-12(16)14-18(3,15-13(17)5-2)11-9-7-6-8-10-11/h6-10H,4-5H2,1-3H3,(H,14,16)(H,15,17). The van der Waals surface area contributed by atoms with Crippen LogP contribution in [0.2, 0.25) is 6.55 Å². The molecule has 0 heterocycles. The predicted molar refractivity (Wildman–Crippen MR) is 74.6 cm³/mol. The van der Waals surface area contributed by atoms with Crippen LogP contribution in [0, 0.1) is 0 Å². The van der Waals surface area contributed by atoms with E-state index in [1.54, 1.807) is 13.8 Å². The van der Waals surface area contributed by atoms with E-state index in [4.69, 9.17) is 0 Å². The van der Waals surface area contributed by atoms with E-state index in [1.165, 1.54) is 0 Å². The van der Waals surface area contributed by atoms with Gasteiger partial charge in [-0.25, -0.2) is 0 Å². The number of carbonyl (C=O) groups is 2. The first-order valence-corrected chi connectivity index (χ1v) is 8.69. The van der Waals surface area contributed by atoms with Crippen molar-refractivity contribution in [2.45, 2.75) is 33.2 Å². The molecule has 1 aromatic carbocycles. The van der Waals surface area contributed by atoms with Crippen LogP contribution in [0.25, 0.3) is 0 Å². The summed E-state index contributed by atoms with van der Waals surface area (Å²) in [6.45, 7) is 5.54. The lowest BCUT2D eigenvalue weighted by Crippen LogP contribution is -2.71. The van der Waals surface area contributed by atoms with Crippen molar-refractivity contribution in [3.05, 3.63) is 30.3 Å². The van der Waals surface area contributed by atoms with Gasteiger partial charge in [0.05, 0.1) is 0 Å². The van der Waals surface area contributed by atoms with Crippen molar-refractivity contribution in [2.24, 2.45) is 0 Å². The van der Waals surface area contributed by atoms with Gasteiger partial charge in [0.15, 0.2) is 0 Å². The number of amides is 2. The lowest BCUT2D eigenvalue weighted by Gasteiger charge is -2.29. The minimum Gasteiger partial charge on any atom is -0.361 e. The lowest BCUT2D eigenvalue weighted by molar-refractivity contribution is -0.119. The zero-order valence-electron chi connectivity index (χ0n) is 11.1. The molecule has 5 heteroatoms. The molecule has 0 radical (unpaired) electrons. The first-order valence-electron chi connectivity index (χ1n) is 6.19. The predicted octanol–water partition coefficient (Wildman–Crippen LogP) is 1.02. The molecule has 18 heavy (non-hydrogen) atoms. The van der Waals surface area contributed by atoms with E-state index in [9.17, 15) is 9.59 Å². The number of benzene rings is 1. The summed E-state index contributed by atoms with van der Waals surface area (Å²) in [5.74, 6) is -0.0751. The van der Waals surface area contributed by atoms with Crippen LogP contribution in [0.4, 0.5) is 0 Å². The maximum Gasteiger partial charge on any atom is 0.293 e. The van der Waals surface area contributed by atoms with Gasteiger partial charge in [-0.15, -0.1) is 0 Å². The van der Waals surface area contributed by atoms with E-state index in [-0.39, 0.29) is 11.8 Å². The number of nitrogens with one attached hydrogen (secondary N) is 2. The Balaban J connectivity index is 3.00. The van der Waals surface area contributed by atoms with Crippen LogP contribution >= 0.6 is 0 Å². The monoisotopic (exact) mass is 264 g/mol. The highest BCUT2D eigenvalue weighted by Crippen LogP contribution is 1.98. The van der Waals surface area contributed by atoms with Crippen LogP contribution in [-0.2, 0) is 9.59 Å². The molecule has 4 nitrogen and oxygen atoms in total. The summed E-state index contributed by atoms with van der Waals surface area (Å²) in [5.41, 5.74) is 0. The van der Waals surface area contributed by atoms with Gasteiger partial charge < -0.3 is 9.96 Å². The average molecular weight is 264 g/mol. The normalized spacial score (nSPS) is 10.8. The van der Waals surface area contributed by atoms with Crippen molar-refractivity contribution in [3.8, 4) is 0 Å². The second-order valence-electron chi connectivity index (χ2n) is 4.29. The molecular weight excluding hydrogens is 244 g/mol. The highest BCUT2D eigenvalue weighted by atomic mass is 28.3. The van der Waals surface area contributed by atoms with Gasteiger partial charge in [0, 0.05) is 12.8 Å². The lowest BCUT2D eigenvalue weighted by atomic mass is 10.4. The molecule has 0 aliphatic carbocycles. The molecule has 2 N–H and O–H groups in total. The Bertz CT molecular complexity index is 402. The van der Waals surface area contributed by atoms with Crippen LogP contribution in [0.3, 0.4) is 0 Å². The first kappa shape index (κ1) is 14.4. The SMILES string of the molecule is CCC(=O)N[Si](C)(NC(=O)CC)c1ccccc1. The van der Waals surface area contributed by atoms with Gasteiger partial charge >= 0.3 is 0 Å². The van der Waals surface area contributed by atoms with E-state index in [0.717, 1.165) is 5.19 Å². The molecule has 0 fully saturated rings. The van der Waals surface area contributed by atoms with Crippen molar-refractivity contribution in [2.75, 3.05) is 0 Å². The Hall–Kier alpha value is -1.62. The third-order valence-electron chi connectivity index (χ3n) is 2.77. The Labute approximate surface area is 109 Å². The summed E-state index contributed by atoms with van der Waals surface area (Å²) >= 11 is 0. The van der Waals surface area contributed by atoms with E-state index >= 15 is 0 Å². The van der Waals surface area contributed by atoms with Crippen LogP contribution in [0.5, 0.6) is 0 Å². The summed E-state index contributed by atoms with van der Waals surface area (Å²) < 4.78 is 0. The minimum atomic E-state index is -2.49. The number of carbonyl (C=O) groups excluding carboxylic acids is 2. The van der Waals surface area contributed by atoms with Gasteiger partial charge in [-0.1, -0.05) is 44.2 Å². The fourth-order valence-corrected chi connectivity index (χ4v) is 4.36. The topological polar surface area (TPSA) is 58.2 Å². The summed E-state index contributed by atoms with van der Waals surface area (Å²) in [5, 5.41) is 0.994. The first-order chi connectivity index (χ1) is 8.51. The van der Waals surface area contributed by atoms with E-state index < -0.39 is 8.40 Å². The minimum absolute atomic E-state index is 0.0376. The van der Waals surface area contributed by atoms with E-state index in [1.807, 2.05) is 36.9 Å². The molecule has 0 aromatic heterocycles. The fraction of sp³-hybridized carbons (Fsp3) is 0.385. The summed E-state index contributed by atoms with van der Waals surface area (Å²) in [6.07, 6.45) is 0.828. The van der Waals surface area contributed by atoms with Crippen LogP contribution in [0.15, 0.2) is 30.3 Å². The second-order valence-corrected chi connectivity index (χ2v) is 7.62. The largest absolute Gasteiger partial charge is 0.361 e. The zero-order chi connectivity index (χ0) is 13.6. The maximum absolute atomic E-state index is 11.6. The van der Waals surface area contributed by atoms with E-state index in [0.29, 0.717) is 12.8 Å². The summed E-state index contributed by atoms with van der Waals surface area (Å²) in [6, 6.07) is 9.63. The van der Waals surface area contributed by atoms with E-state index in [2.05, 4.69) is 9.96 Å². The van der Waals surface area contributed by atoms with Crippen LogP contribution < -0.4 is 15.2 Å². The average Bonchev–Trinajstić information content (AvgIpc) is 2.39. The molecule has 2 amide bonds. The number of hydrogen-bond donors (Lipinski definition) is 2. The van der Waals surface area contributed by atoms with Crippen LogP contribution in [-0.4, -0.2) is 20.2 Å². The third-order valence-corrected chi connectivity index (χ3v) is 5.82. The Morgan fingerprint density at radius 2 is 1.44 bits per heavy atom. The van der Waals surface area contributed by atoms with Crippen LogP contribution in [0.1, 0.15) is 26.7 Å². The molecular formula is C13H20N2O2Si. The molecule has 0 unspecified atom stereocenters. The van der Waals surface area contributed by atoms with Crippen molar-refractivity contribution >= 4 is 25.4 Å². The highest BCUT2D eigenvalue weighted by molar-refractivity contribution is 6.89. The maximum atomic E-state index is 11.6. The van der Waals surface area contributed by atoms with Crippen molar-refractivity contribution in [1.29, 1.82) is 0 Å². The smallest absolute Gasteiger partial charge is 0.293 e. The van der Waals surface area contributed by atoms with Crippen molar-refractivity contribution < 1.29 is 9.59 Å². The van der Waals surface area contributed by atoms with Gasteiger partial charge in [0.1, 0.15) is 0 Å². The molecule has 0 bridgehead atoms. The number of rotatable bonds is 5. The quantitative estimate of drug-likeness (QED) is 0.780. The molecule has 98 valence electrons. The Morgan fingerprint density at radius 3 is 1.83 bits per heavy atom. The highest BCUT2D eigenvalue weighted by Gasteiger charge is 2.33. The molecule has 0 saturated heterocycles. The zero-order valence-corrected chi connectivity index (χ0v) is 12.1. The molecule has 0 aliphatic rings. The van der Waals surface area contributed by atoms with Gasteiger partial charge in [-0.2, -0.15) is 0 Å². The van der Waals surface area contributed by atoms with Crippen molar-refractivity contribution in [1.82, 2.24) is 9.96 Å². The fourth-order valence-electron chi connectivity index (χ4n) is 1.68. The molecule has 0 saturated carbocycles. The molecule has 1 rings (SSSR count). The molecule has 0 aliphatic heterocycles. The Kier molecular flexibility index (Phi) is 5.09. The van der Waals surface area contributed by atoms with Gasteiger partial charge in [0.2, 0.25) is 11.8 Å². The third kappa shape index (κ3) is 3.70. The van der Waals surface area contributed by atoms with Gasteiger partial charge in [0.25, 0.3) is 8.40 Å². The molecule has 0 spiro atoms. The number of hydrogen-bond acceptors (Lipinski definition) is 2.